The van der Waals surface area contributed by atoms with Gasteiger partial charge in [-0.3, -0.25) is 9.59 Å². The van der Waals surface area contributed by atoms with Gasteiger partial charge in [0, 0.05) is 22.5 Å². The van der Waals surface area contributed by atoms with Gasteiger partial charge < -0.3 is 10.6 Å². The Labute approximate surface area is 176 Å². The normalized spacial score (nSPS) is 16.3. The molecule has 2 amide bonds. The zero-order valence-electron chi connectivity index (χ0n) is 15.2. The van der Waals surface area contributed by atoms with Gasteiger partial charge in [0.1, 0.15) is 0 Å². The minimum atomic E-state index is -0.321. The molecule has 7 heteroatoms. The van der Waals surface area contributed by atoms with Gasteiger partial charge in [-0.25, -0.2) is 0 Å². The molecule has 0 aromatic heterocycles. The third kappa shape index (κ3) is 5.03. The van der Waals surface area contributed by atoms with Crippen molar-refractivity contribution in [1.29, 1.82) is 5.26 Å². The molecule has 142 valence electrons. The molecule has 0 fully saturated rings. The number of benzene rings is 2. The molecule has 0 unspecified atom stereocenters. The van der Waals surface area contributed by atoms with E-state index in [1.807, 2.05) is 55.5 Å². The summed E-state index contributed by atoms with van der Waals surface area (Å²) in [4.78, 5) is 24.5. The van der Waals surface area contributed by atoms with Crippen LogP contribution in [-0.4, -0.2) is 17.6 Å². The Bertz CT molecular complexity index is 997. The number of hydrogen-bond donors (Lipinski definition) is 2. The lowest BCUT2D eigenvalue weighted by molar-refractivity contribution is -0.121. The van der Waals surface area contributed by atoms with Gasteiger partial charge in [-0.2, -0.15) is 5.26 Å². The van der Waals surface area contributed by atoms with Crippen molar-refractivity contribution in [1.82, 2.24) is 5.32 Å². The van der Waals surface area contributed by atoms with Crippen LogP contribution in [0.5, 0.6) is 0 Å². The lowest BCUT2D eigenvalue weighted by Gasteiger charge is -2.25. The molecular weight excluding hydrogens is 438 g/mol. The van der Waals surface area contributed by atoms with E-state index in [4.69, 9.17) is 0 Å². The molecule has 0 saturated carbocycles. The van der Waals surface area contributed by atoms with Crippen LogP contribution >= 0.6 is 27.7 Å². The van der Waals surface area contributed by atoms with Crippen molar-refractivity contribution >= 4 is 45.2 Å². The Balaban J connectivity index is 1.76. The average Bonchev–Trinajstić information content (AvgIpc) is 2.66. The van der Waals surface area contributed by atoms with Gasteiger partial charge in [-0.1, -0.05) is 52.0 Å². The van der Waals surface area contributed by atoms with E-state index in [9.17, 15) is 14.9 Å². The highest BCUT2D eigenvalue weighted by atomic mass is 79.9. The van der Waals surface area contributed by atoms with E-state index < -0.39 is 0 Å². The first kappa shape index (κ1) is 20.2. The fraction of sp³-hybridized carbons (Fsp3) is 0.190. The van der Waals surface area contributed by atoms with Crippen LogP contribution < -0.4 is 10.6 Å². The SMILES string of the molecule is Cc1cccc(NC(=O)CSC2=C(C#N)[C@@H](c3cccc(Br)c3)CC(=O)N2)c1. The van der Waals surface area contributed by atoms with Crippen LogP contribution in [0, 0.1) is 18.3 Å². The third-order valence-electron chi connectivity index (χ3n) is 4.26. The van der Waals surface area contributed by atoms with E-state index in [2.05, 4.69) is 32.6 Å². The quantitative estimate of drug-likeness (QED) is 0.696. The van der Waals surface area contributed by atoms with Crippen LogP contribution in [0.15, 0.2) is 63.6 Å². The lowest BCUT2D eigenvalue weighted by atomic mass is 9.87. The summed E-state index contributed by atoms with van der Waals surface area (Å²) in [7, 11) is 0. The largest absolute Gasteiger partial charge is 0.325 e. The van der Waals surface area contributed by atoms with Crippen LogP contribution in [0.1, 0.15) is 23.5 Å². The number of nitrogens with zero attached hydrogens (tertiary/aromatic N) is 1. The zero-order valence-corrected chi connectivity index (χ0v) is 17.6. The van der Waals surface area contributed by atoms with E-state index in [1.165, 1.54) is 11.8 Å². The van der Waals surface area contributed by atoms with Gasteiger partial charge in [0.05, 0.1) is 22.4 Å². The minimum Gasteiger partial charge on any atom is -0.325 e. The number of aryl methyl sites for hydroxylation is 1. The molecule has 5 nitrogen and oxygen atoms in total. The molecule has 2 N–H and O–H groups in total. The average molecular weight is 456 g/mol. The summed E-state index contributed by atoms with van der Waals surface area (Å²) in [5, 5.41) is 15.7. The van der Waals surface area contributed by atoms with Gasteiger partial charge in [-0.15, -0.1) is 0 Å². The first-order valence-corrected chi connectivity index (χ1v) is 10.4. The van der Waals surface area contributed by atoms with E-state index in [0.29, 0.717) is 10.6 Å². The number of hydrogen-bond acceptors (Lipinski definition) is 4. The number of nitriles is 1. The number of thioether (sulfide) groups is 1. The second-order valence-corrected chi connectivity index (χ2v) is 8.32. The second kappa shape index (κ2) is 9.09. The highest BCUT2D eigenvalue weighted by Gasteiger charge is 2.30. The summed E-state index contributed by atoms with van der Waals surface area (Å²) >= 11 is 4.60. The molecule has 0 saturated heterocycles. The van der Waals surface area contributed by atoms with E-state index >= 15 is 0 Å². The van der Waals surface area contributed by atoms with Crippen LogP contribution in [0.4, 0.5) is 5.69 Å². The molecule has 0 aliphatic carbocycles. The third-order valence-corrected chi connectivity index (χ3v) is 5.77. The van der Waals surface area contributed by atoms with Gasteiger partial charge in [0.2, 0.25) is 11.8 Å². The van der Waals surface area contributed by atoms with E-state index in [0.717, 1.165) is 21.3 Å². The molecule has 0 spiro atoms. The molecule has 2 aromatic rings. The molecule has 2 aromatic carbocycles. The molecule has 0 bridgehead atoms. The fourth-order valence-electron chi connectivity index (χ4n) is 3.00. The van der Waals surface area contributed by atoms with Gasteiger partial charge in [-0.05, 0) is 42.3 Å². The second-order valence-electron chi connectivity index (χ2n) is 6.42. The minimum absolute atomic E-state index is 0.0972. The summed E-state index contributed by atoms with van der Waals surface area (Å²) < 4.78 is 0.889. The fourth-order valence-corrected chi connectivity index (χ4v) is 4.29. The topological polar surface area (TPSA) is 82.0 Å². The standard InChI is InChI=1S/C21H18BrN3O2S/c1-13-4-2-7-16(8-13)24-20(27)12-28-21-18(11-23)17(10-19(26)25-21)14-5-3-6-15(22)9-14/h2-9,17H,10,12H2,1H3,(H,24,27)(H,25,26)/t17-/m1/s1. The van der Waals surface area contributed by atoms with Crippen LogP contribution in [-0.2, 0) is 9.59 Å². The van der Waals surface area contributed by atoms with Crippen LogP contribution in [0.25, 0.3) is 0 Å². The van der Waals surface area contributed by atoms with Crippen molar-refractivity contribution in [2.45, 2.75) is 19.3 Å². The maximum absolute atomic E-state index is 12.3. The number of anilines is 1. The molecule has 0 radical (unpaired) electrons. The summed E-state index contributed by atoms with van der Waals surface area (Å²) in [6.07, 6.45) is 0.207. The first-order chi connectivity index (χ1) is 13.5. The zero-order chi connectivity index (χ0) is 20.1. The van der Waals surface area contributed by atoms with Crippen molar-refractivity contribution in [2.75, 3.05) is 11.1 Å². The number of allylic oxidation sites excluding steroid dienone is 1. The maximum atomic E-state index is 12.3. The van der Waals surface area contributed by atoms with Gasteiger partial charge >= 0.3 is 0 Å². The van der Waals surface area contributed by atoms with Crippen molar-refractivity contribution in [3.63, 3.8) is 0 Å². The molecule has 3 rings (SSSR count). The highest BCUT2D eigenvalue weighted by Crippen LogP contribution is 2.36. The van der Waals surface area contributed by atoms with Crippen LogP contribution in [0.2, 0.25) is 0 Å². The molecule has 28 heavy (non-hydrogen) atoms. The molecule has 1 heterocycles. The summed E-state index contributed by atoms with van der Waals surface area (Å²) in [5.74, 6) is -0.580. The number of carbonyl (C=O) groups is 2. The van der Waals surface area contributed by atoms with Gasteiger partial charge in [0.15, 0.2) is 0 Å². The Kier molecular flexibility index (Phi) is 6.55. The smallest absolute Gasteiger partial charge is 0.234 e. The molecular formula is C21H18BrN3O2S. The maximum Gasteiger partial charge on any atom is 0.234 e. The number of nitrogens with one attached hydrogen (secondary N) is 2. The van der Waals surface area contributed by atoms with Crippen molar-refractivity contribution < 1.29 is 9.59 Å². The highest BCUT2D eigenvalue weighted by molar-refractivity contribution is 9.10. The Morgan fingerprint density at radius 1 is 1.32 bits per heavy atom. The summed E-state index contributed by atoms with van der Waals surface area (Å²) in [6, 6.07) is 17.3. The van der Waals surface area contributed by atoms with Crippen molar-refractivity contribution in [3.05, 3.63) is 74.7 Å². The Hall–Kier alpha value is -2.56. The lowest BCUT2D eigenvalue weighted by Crippen LogP contribution is -2.31. The van der Waals surface area contributed by atoms with Gasteiger partial charge in [0.25, 0.3) is 0 Å². The van der Waals surface area contributed by atoms with Crippen molar-refractivity contribution in [2.24, 2.45) is 0 Å². The molecule has 1 aliphatic heterocycles. The van der Waals surface area contributed by atoms with Crippen molar-refractivity contribution in [3.8, 4) is 6.07 Å². The Morgan fingerprint density at radius 2 is 2.11 bits per heavy atom. The Morgan fingerprint density at radius 3 is 2.82 bits per heavy atom. The van der Waals surface area contributed by atoms with Crippen LogP contribution in [0.3, 0.4) is 0 Å². The number of carbonyl (C=O) groups excluding carboxylic acids is 2. The van der Waals surface area contributed by atoms with E-state index in [-0.39, 0.29) is 29.9 Å². The number of amides is 2. The predicted octanol–water partition coefficient (Wildman–Crippen LogP) is 4.47. The molecule has 1 aliphatic rings. The number of halogens is 1. The monoisotopic (exact) mass is 455 g/mol. The first-order valence-electron chi connectivity index (χ1n) is 8.65. The number of rotatable bonds is 5. The molecule has 1 atom stereocenters. The summed E-state index contributed by atoms with van der Waals surface area (Å²) in [5.41, 5.74) is 3.14. The summed E-state index contributed by atoms with van der Waals surface area (Å²) in [6.45, 7) is 1.95. The van der Waals surface area contributed by atoms with E-state index in [1.54, 1.807) is 0 Å². The predicted molar refractivity (Wildman–Crippen MR) is 115 cm³/mol.